The largest absolute Gasteiger partial charge is 0.243 e. The van der Waals surface area contributed by atoms with Crippen LogP contribution in [0.5, 0.6) is 0 Å². The van der Waals surface area contributed by atoms with Crippen molar-refractivity contribution in [3.8, 4) is 21.7 Å². The highest BCUT2D eigenvalue weighted by Gasteiger charge is 2.12. The molecule has 0 aliphatic carbocycles. The monoisotopic (exact) mass is 366 g/mol. The molecule has 0 bridgehead atoms. The van der Waals surface area contributed by atoms with Crippen molar-refractivity contribution in [3.05, 3.63) is 66.6 Å². The lowest BCUT2D eigenvalue weighted by Crippen LogP contribution is -1.83. The van der Waals surface area contributed by atoms with Crippen molar-refractivity contribution in [2.24, 2.45) is 0 Å². The predicted octanol–water partition coefficient (Wildman–Crippen LogP) is 6.28. The molecule has 0 spiro atoms. The molecule has 2 heterocycles. The number of hydrogen-bond acceptors (Lipinski definition) is 4. The highest BCUT2D eigenvalue weighted by Crippen LogP contribution is 2.36. The number of thiazole rings is 1. The number of rotatable bonds is 4. The molecule has 0 unspecified atom stereocenters. The van der Waals surface area contributed by atoms with E-state index in [4.69, 9.17) is 4.98 Å². The predicted molar refractivity (Wildman–Crippen MR) is 105 cm³/mol. The van der Waals surface area contributed by atoms with Crippen LogP contribution >= 0.6 is 23.1 Å². The summed E-state index contributed by atoms with van der Waals surface area (Å²) in [6.45, 7) is 2.15. The third-order valence-electron chi connectivity index (χ3n) is 3.82. The van der Waals surface area contributed by atoms with E-state index in [9.17, 15) is 4.39 Å². The Bertz CT molecular complexity index is 1040. The van der Waals surface area contributed by atoms with Gasteiger partial charge < -0.3 is 0 Å². The number of fused-ring (bicyclic) bond motifs is 1. The van der Waals surface area contributed by atoms with Crippen LogP contribution < -0.4 is 0 Å². The lowest BCUT2D eigenvalue weighted by molar-refractivity contribution is 0.628. The molecule has 2 nitrogen and oxygen atoms in total. The van der Waals surface area contributed by atoms with Crippen LogP contribution in [0.4, 0.5) is 4.39 Å². The Balaban J connectivity index is 1.79. The SMILES string of the molecule is CCSc1ccccc1-c1nc2cc(-c3cccc(F)c3)cnc2s1. The molecule has 0 aliphatic heterocycles. The molecule has 0 radical (unpaired) electrons. The second-order valence-electron chi connectivity index (χ2n) is 5.51. The normalized spacial score (nSPS) is 11.1. The summed E-state index contributed by atoms with van der Waals surface area (Å²) in [6.07, 6.45) is 1.78. The van der Waals surface area contributed by atoms with Gasteiger partial charge in [0, 0.05) is 22.2 Å². The van der Waals surface area contributed by atoms with Gasteiger partial charge in [0.15, 0.2) is 0 Å². The molecule has 5 heteroatoms. The van der Waals surface area contributed by atoms with E-state index in [1.807, 2.05) is 30.0 Å². The van der Waals surface area contributed by atoms with Crippen molar-refractivity contribution in [1.82, 2.24) is 9.97 Å². The van der Waals surface area contributed by atoms with Gasteiger partial charge >= 0.3 is 0 Å². The third kappa shape index (κ3) is 3.30. The Labute approximate surface area is 153 Å². The van der Waals surface area contributed by atoms with Crippen molar-refractivity contribution in [2.75, 3.05) is 5.75 Å². The summed E-state index contributed by atoms with van der Waals surface area (Å²) < 4.78 is 13.5. The quantitative estimate of drug-likeness (QED) is 0.398. The summed E-state index contributed by atoms with van der Waals surface area (Å²) in [5, 5.41) is 0.968. The fraction of sp³-hybridized carbons (Fsp3) is 0.100. The second kappa shape index (κ2) is 6.94. The zero-order valence-electron chi connectivity index (χ0n) is 13.6. The number of thioether (sulfide) groups is 1. The standard InChI is InChI=1S/C20H15FN2S2/c1-2-24-18-9-4-3-8-16(18)19-23-17-11-14(12-22-20(17)25-19)13-6-5-7-15(21)10-13/h3-12H,2H2,1H3. The van der Waals surface area contributed by atoms with Crippen LogP contribution in [0.3, 0.4) is 0 Å². The van der Waals surface area contributed by atoms with E-state index in [1.54, 1.807) is 23.6 Å². The molecule has 4 rings (SSSR count). The van der Waals surface area contributed by atoms with Gasteiger partial charge in [-0.2, -0.15) is 0 Å². The molecule has 0 saturated heterocycles. The molecular weight excluding hydrogens is 351 g/mol. The first kappa shape index (κ1) is 16.2. The average molecular weight is 366 g/mol. The van der Waals surface area contributed by atoms with E-state index in [1.165, 1.54) is 17.0 Å². The van der Waals surface area contributed by atoms with Gasteiger partial charge in [0.1, 0.15) is 21.2 Å². The zero-order chi connectivity index (χ0) is 17.2. The molecule has 0 N–H and O–H groups in total. The lowest BCUT2D eigenvalue weighted by atomic mass is 10.1. The molecule has 0 amide bonds. The van der Waals surface area contributed by atoms with Crippen LogP contribution in [0.1, 0.15) is 6.92 Å². The number of pyridine rings is 1. The number of aromatic nitrogens is 2. The van der Waals surface area contributed by atoms with Gasteiger partial charge in [-0.1, -0.05) is 48.6 Å². The molecule has 25 heavy (non-hydrogen) atoms. The van der Waals surface area contributed by atoms with Gasteiger partial charge in [-0.3, -0.25) is 0 Å². The highest BCUT2D eigenvalue weighted by molar-refractivity contribution is 7.99. The molecule has 0 atom stereocenters. The number of halogens is 1. The minimum Gasteiger partial charge on any atom is -0.243 e. The molecule has 0 fully saturated rings. The van der Waals surface area contributed by atoms with Crippen LogP contribution in [0.2, 0.25) is 0 Å². The minimum atomic E-state index is -0.248. The van der Waals surface area contributed by atoms with Gasteiger partial charge in [0.25, 0.3) is 0 Å². The molecule has 4 aromatic rings. The third-order valence-corrected chi connectivity index (χ3v) is 5.79. The maximum Gasteiger partial charge on any atom is 0.143 e. The molecule has 2 aromatic carbocycles. The van der Waals surface area contributed by atoms with Crippen LogP contribution in [0, 0.1) is 5.82 Å². The number of hydrogen-bond donors (Lipinski definition) is 0. The average Bonchev–Trinajstić information content (AvgIpc) is 3.05. The van der Waals surface area contributed by atoms with Gasteiger partial charge in [-0.05, 0) is 35.6 Å². The summed E-state index contributed by atoms with van der Waals surface area (Å²) in [5.41, 5.74) is 3.67. The van der Waals surface area contributed by atoms with E-state index in [-0.39, 0.29) is 5.82 Å². The van der Waals surface area contributed by atoms with E-state index in [2.05, 4.69) is 30.1 Å². The summed E-state index contributed by atoms with van der Waals surface area (Å²) >= 11 is 3.40. The van der Waals surface area contributed by atoms with Gasteiger partial charge in [-0.15, -0.1) is 11.8 Å². The second-order valence-corrected chi connectivity index (χ2v) is 7.79. The van der Waals surface area contributed by atoms with Gasteiger partial charge in [-0.25, -0.2) is 14.4 Å². The van der Waals surface area contributed by atoms with Crippen molar-refractivity contribution in [1.29, 1.82) is 0 Å². The Hall–Kier alpha value is -2.24. The fourth-order valence-corrected chi connectivity index (χ4v) is 4.49. The van der Waals surface area contributed by atoms with Crippen LogP contribution in [-0.2, 0) is 0 Å². The number of benzene rings is 2. The van der Waals surface area contributed by atoms with Crippen molar-refractivity contribution in [2.45, 2.75) is 11.8 Å². The molecule has 0 saturated carbocycles. The summed E-state index contributed by atoms with van der Waals surface area (Å²) in [7, 11) is 0. The van der Waals surface area contributed by atoms with Crippen LogP contribution in [0.15, 0.2) is 65.7 Å². The highest BCUT2D eigenvalue weighted by atomic mass is 32.2. The summed E-state index contributed by atoms with van der Waals surface area (Å²) in [4.78, 5) is 11.4. The van der Waals surface area contributed by atoms with E-state index in [0.29, 0.717) is 0 Å². The van der Waals surface area contributed by atoms with Crippen molar-refractivity contribution in [3.63, 3.8) is 0 Å². The maximum atomic E-state index is 13.5. The van der Waals surface area contributed by atoms with Gasteiger partial charge in [0.05, 0.1) is 0 Å². The zero-order valence-corrected chi connectivity index (χ0v) is 15.2. The minimum absolute atomic E-state index is 0.248. The first-order chi connectivity index (χ1) is 12.2. The first-order valence-corrected chi connectivity index (χ1v) is 9.79. The van der Waals surface area contributed by atoms with E-state index in [0.717, 1.165) is 37.8 Å². The molecule has 124 valence electrons. The fourth-order valence-electron chi connectivity index (χ4n) is 2.69. The maximum absolute atomic E-state index is 13.5. The Morgan fingerprint density at radius 3 is 2.76 bits per heavy atom. The van der Waals surface area contributed by atoms with Crippen LogP contribution in [0.25, 0.3) is 32.0 Å². The first-order valence-electron chi connectivity index (χ1n) is 7.99. The topological polar surface area (TPSA) is 25.8 Å². The number of nitrogens with zero attached hydrogens (tertiary/aromatic N) is 2. The molecule has 0 aliphatic rings. The lowest BCUT2D eigenvalue weighted by Gasteiger charge is -2.04. The van der Waals surface area contributed by atoms with Gasteiger partial charge in [0.2, 0.25) is 0 Å². The summed E-state index contributed by atoms with van der Waals surface area (Å²) in [5.74, 6) is 0.770. The van der Waals surface area contributed by atoms with Crippen molar-refractivity contribution >= 4 is 33.4 Å². The summed E-state index contributed by atoms with van der Waals surface area (Å²) in [6, 6.07) is 16.8. The Morgan fingerprint density at radius 2 is 1.92 bits per heavy atom. The van der Waals surface area contributed by atoms with E-state index < -0.39 is 0 Å². The Kier molecular flexibility index (Phi) is 4.51. The van der Waals surface area contributed by atoms with Crippen molar-refractivity contribution < 1.29 is 4.39 Å². The molecule has 2 aromatic heterocycles. The molecular formula is C20H15FN2S2. The smallest absolute Gasteiger partial charge is 0.143 e. The van der Waals surface area contributed by atoms with Crippen LogP contribution in [-0.4, -0.2) is 15.7 Å². The van der Waals surface area contributed by atoms with E-state index >= 15 is 0 Å². The Morgan fingerprint density at radius 1 is 1.04 bits per heavy atom.